The summed E-state index contributed by atoms with van der Waals surface area (Å²) in [6.07, 6.45) is 0. The van der Waals surface area contributed by atoms with Gasteiger partial charge < -0.3 is 5.73 Å². The van der Waals surface area contributed by atoms with Gasteiger partial charge in [-0.3, -0.25) is 5.10 Å². The maximum absolute atomic E-state index is 12.2. The van der Waals surface area contributed by atoms with Gasteiger partial charge in [0.05, 0.1) is 11.4 Å². The molecule has 0 aliphatic heterocycles. The van der Waals surface area contributed by atoms with Gasteiger partial charge >= 0.3 is 0 Å². The SMILES string of the molecule is Cc1nnc(NS(=O)(=O)c2n[nH]c(C)c2CN)nc1C. The molecule has 4 N–H and O–H groups in total. The molecule has 0 aliphatic rings. The first-order valence-electron chi connectivity index (χ1n) is 5.80. The van der Waals surface area contributed by atoms with E-state index in [2.05, 4.69) is 30.1 Å². The molecule has 10 heteroatoms. The van der Waals surface area contributed by atoms with Crippen LogP contribution in [0.25, 0.3) is 0 Å². The van der Waals surface area contributed by atoms with Gasteiger partial charge in [-0.05, 0) is 20.8 Å². The second-order valence-corrected chi connectivity index (χ2v) is 5.85. The third kappa shape index (κ3) is 2.60. The minimum absolute atomic E-state index is 0.0601. The molecular formula is C10H15N7O2S. The fourth-order valence-electron chi connectivity index (χ4n) is 1.56. The molecule has 2 aromatic heterocycles. The highest BCUT2D eigenvalue weighted by Crippen LogP contribution is 2.17. The summed E-state index contributed by atoms with van der Waals surface area (Å²) in [5, 5.41) is 13.7. The van der Waals surface area contributed by atoms with Gasteiger partial charge in [0.25, 0.3) is 16.0 Å². The third-order valence-electron chi connectivity index (χ3n) is 2.81. The van der Waals surface area contributed by atoms with Crippen LogP contribution < -0.4 is 10.5 Å². The minimum atomic E-state index is -3.90. The molecule has 2 heterocycles. The van der Waals surface area contributed by atoms with E-state index in [0.29, 0.717) is 22.6 Å². The molecule has 0 radical (unpaired) electrons. The van der Waals surface area contributed by atoms with Crippen molar-refractivity contribution in [2.75, 3.05) is 4.72 Å². The van der Waals surface area contributed by atoms with Crippen molar-refractivity contribution in [3.63, 3.8) is 0 Å². The van der Waals surface area contributed by atoms with E-state index >= 15 is 0 Å². The van der Waals surface area contributed by atoms with Crippen LogP contribution in [-0.2, 0) is 16.6 Å². The predicted molar refractivity (Wildman–Crippen MR) is 71.3 cm³/mol. The van der Waals surface area contributed by atoms with E-state index in [4.69, 9.17) is 5.73 Å². The molecule has 0 spiro atoms. The number of sulfonamides is 1. The van der Waals surface area contributed by atoms with Crippen LogP contribution in [0, 0.1) is 20.8 Å². The van der Waals surface area contributed by atoms with E-state index in [1.165, 1.54) is 0 Å². The summed E-state index contributed by atoms with van der Waals surface area (Å²) < 4.78 is 26.7. The Kier molecular flexibility index (Phi) is 3.68. The van der Waals surface area contributed by atoms with Crippen molar-refractivity contribution in [2.24, 2.45) is 5.73 Å². The Morgan fingerprint density at radius 3 is 2.50 bits per heavy atom. The molecule has 0 amide bonds. The van der Waals surface area contributed by atoms with Crippen LogP contribution in [0.2, 0.25) is 0 Å². The van der Waals surface area contributed by atoms with E-state index in [0.717, 1.165) is 0 Å². The monoisotopic (exact) mass is 297 g/mol. The summed E-state index contributed by atoms with van der Waals surface area (Å²) in [6.45, 7) is 5.20. The molecule has 20 heavy (non-hydrogen) atoms. The van der Waals surface area contributed by atoms with E-state index in [9.17, 15) is 8.42 Å². The van der Waals surface area contributed by atoms with Gasteiger partial charge in [0.1, 0.15) is 0 Å². The summed E-state index contributed by atoms with van der Waals surface area (Å²) in [7, 11) is -3.90. The van der Waals surface area contributed by atoms with Gasteiger partial charge in [-0.2, -0.15) is 18.6 Å². The van der Waals surface area contributed by atoms with Crippen LogP contribution in [0.4, 0.5) is 5.95 Å². The summed E-state index contributed by atoms with van der Waals surface area (Å²) in [5.74, 6) is -0.100. The second-order valence-electron chi connectivity index (χ2n) is 4.25. The summed E-state index contributed by atoms with van der Waals surface area (Å²) >= 11 is 0. The Hall–Kier alpha value is -2.07. The van der Waals surface area contributed by atoms with Gasteiger partial charge in [0, 0.05) is 17.8 Å². The molecular weight excluding hydrogens is 282 g/mol. The number of hydrogen-bond acceptors (Lipinski definition) is 7. The molecule has 0 saturated carbocycles. The van der Waals surface area contributed by atoms with Gasteiger partial charge in [0.2, 0.25) is 5.03 Å². The molecule has 108 valence electrons. The molecule has 0 aliphatic carbocycles. The fraction of sp³-hybridized carbons (Fsp3) is 0.400. The van der Waals surface area contributed by atoms with Crippen LogP contribution in [0.1, 0.15) is 22.6 Å². The number of anilines is 1. The standard InChI is InChI=1S/C10H15N7O2S/c1-5-6(2)13-16-10(12-5)17-20(18,19)9-8(4-11)7(3)14-15-9/h4,11H2,1-3H3,(H,14,15)(H,12,16,17). The molecule has 0 saturated heterocycles. The molecule has 2 rings (SSSR count). The Labute approximate surface area is 116 Å². The van der Waals surface area contributed by atoms with Crippen molar-refractivity contribution >= 4 is 16.0 Å². The highest BCUT2D eigenvalue weighted by molar-refractivity contribution is 7.92. The predicted octanol–water partition coefficient (Wildman–Crippen LogP) is -0.221. The number of aryl methyl sites for hydroxylation is 3. The van der Waals surface area contributed by atoms with Crippen LogP contribution in [-0.4, -0.2) is 33.8 Å². The van der Waals surface area contributed by atoms with Gasteiger partial charge in [-0.1, -0.05) is 0 Å². The third-order valence-corrected chi connectivity index (χ3v) is 4.11. The number of rotatable bonds is 4. The van der Waals surface area contributed by atoms with E-state index in [1.54, 1.807) is 20.8 Å². The second kappa shape index (κ2) is 5.13. The molecule has 9 nitrogen and oxygen atoms in total. The van der Waals surface area contributed by atoms with Crippen LogP contribution in [0.5, 0.6) is 0 Å². The van der Waals surface area contributed by atoms with Crippen LogP contribution in [0.3, 0.4) is 0 Å². The summed E-state index contributed by atoms with van der Waals surface area (Å²) in [6, 6.07) is 0. The first-order chi connectivity index (χ1) is 9.35. The van der Waals surface area contributed by atoms with Crippen molar-refractivity contribution < 1.29 is 8.42 Å². The average Bonchev–Trinajstić information content (AvgIpc) is 2.75. The highest BCUT2D eigenvalue weighted by Gasteiger charge is 2.24. The van der Waals surface area contributed by atoms with E-state index in [-0.39, 0.29) is 17.5 Å². The van der Waals surface area contributed by atoms with Gasteiger partial charge in [0.15, 0.2) is 0 Å². The smallest absolute Gasteiger partial charge is 0.283 e. The number of H-pyrrole nitrogens is 1. The lowest BCUT2D eigenvalue weighted by Crippen LogP contribution is -2.19. The maximum atomic E-state index is 12.2. The number of hydrogen-bond donors (Lipinski definition) is 3. The minimum Gasteiger partial charge on any atom is -0.326 e. The van der Waals surface area contributed by atoms with Crippen molar-refractivity contribution in [1.82, 2.24) is 25.4 Å². The maximum Gasteiger partial charge on any atom is 0.283 e. The van der Waals surface area contributed by atoms with Crippen molar-refractivity contribution in [1.29, 1.82) is 0 Å². The zero-order valence-electron chi connectivity index (χ0n) is 11.3. The lowest BCUT2D eigenvalue weighted by molar-refractivity contribution is 0.595. The van der Waals surface area contributed by atoms with Gasteiger partial charge in [-0.15, -0.1) is 5.10 Å². The fourth-order valence-corrected chi connectivity index (χ4v) is 2.71. The van der Waals surface area contributed by atoms with Gasteiger partial charge in [-0.25, -0.2) is 9.71 Å². The zero-order valence-corrected chi connectivity index (χ0v) is 12.1. The number of aromatic amines is 1. The molecule has 0 bridgehead atoms. The van der Waals surface area contributed by atoms with Crippen LogP contribution in [0.15, 0.2) is 5.03 Å². The largest absolute Gasteiger partial charge is 0.326 e. The summed E-state index contributed by atoms with van der Waals surface area (Å²) in [4.78, 5) is 4.01. The number of nitrogens with one attached hydrogen (secondary N) is 2. The topological polar surface area (TPSA) is 140 Å². The van der Waals surface area contributed by atoms with Crippen molar-refractivity contribution in [3.05, 3.63) is 22.6 Å². The summed E-state index contributed by atoms with van der Waals surface area (Å²) in [5.41, 5.74) is 7.79. The molecule has 0 atom stereocenters. The molecule has 2 aromatic rings. The van der Waals surface area contributed by atoms with Crippen LogP contribution >= 0.6 is 0 Å². The Bertz CT molecular complexity index is 738. The van der Waals surface area contributed by atoms with E-state index in [1.807, 2.05) is 0 Å². The Morgan fingerprint density at radius 1 is 1.20 bits per heavy atom. The average molecular weight is 297 g/mol. The highest BCUT2D eigenvalue weighted by atomic mass is 32.2. The van der Waals surface area contributed by atoms with E-state index < -0.39 is 10.0 Å². The first-order valence-corrected chi connectivity index (χ1v) is 7.28. The first kappa shape index (κ1) is 14.3. The lowest BCUT2D eigenvalue weighted by atomic mass is 10.3. The normalized spacial score (nSPS) is 11.6. The number of aromatic nitrogens is 5. The number of nitrogens with two attached hydrogens (primary N) is 1. The lowest BCUT2D eigenvalue weighted by Gasteiger charge is -2.06. The quantitative estimate of drug-likeness (QED) is 0.708. The molecule has 0 unspecified atom stereocenters. The Morgan fingerprint density at radius 2 is 1.90 bits per heavy atom. The Balaban J connectivity index is 2.38. The van der Waals surface area contributed by atoms with Crippen molar-refractivity contribution in [2.45, 2.75) is 32.3 Å². The molecule has 0 fully saturated rings. The zero-order chi connectivity index (χ0) is 14.9. The number of nitrogens with zero attached hydrogens (tertiary/aromatic N) is 4. The molecule has 0 aromatic carbocycles. The van der Waals surface area contributed by atoms with Crippen molar-refractivity contribution in [3.8, 4) is 0 Å².